The number of nitrogens with one attached hydrogen (secondary N) is 2. The largest absolute Gasteiger partial charge is 0.480 e. The number of hydrogen-bond acceptors (Lipinski definition) is 5. The minimum atomic E-state index is -1.10. The van der Waals surface area contributed by atoms with Gasteiger partial charge < -0.3 is 21.1 Å². The Balaban J connectivity index is 2.53. The molecule has 0 spiro atoms. The number of amides is 1. The zero-order valence-electron chi connectivity index (χ0n) is 10.6. The first-order chi connectivity index (χ1) is 9.04. The van der Waals surface area contributed by atoms with Crippen molar-refractivity contribution in [2.24, 2.45) is 5.73 Å². The number of nitrogens with zero attached hydrogens (tertiary/aromatic N) is 1. The van der Waals surface area contributed by atoms with Crippen LogP contribution in [0.5, 0.6) is 0 Å². The molecule has 0 aliphatic heterocycles. The molecule has 1 aromatic heterocycles. The van der Waals surface area contributed by atoms with E-state index in [0.29, 0.717) is 12.1 Å². The summed E-state index contributed by atoms with van der Waals surface area (Å²) in [6.45, 7) is 0. The molecule has 0 aromatic carbocycles. The Morgan fingerprint density at radius 2 is 2.37 bits per heavy atom. The second kappa shape index (κ2) is 7.80. The lowest BCUT2D eigenvalue weighted by Crippen LogP contribution is -2.49. The quantitative estimate of drug-likeness (QED) is 0.516. The summed E-state index contributed by atoms with van der Waals surface area (Å²) in [4.78, 5) is 29.5. The van der Waals surface area contributed by atoms with Crippen molar-refractivity contribution in [1.29, 1.82) is 0 Å². The second-order valence-electron chi connectivity index (χ2n) is 4.07. The molecule has 0 unspecified atom stereocenters. The molecule has 0 fully saturated rings. The Labute approximate surface area is 115 Å². The average molecular weight is 286 g/mol. The fraction of sp³-hybridized carbons (Fsp3) is 0.545. The number of imidazole rings is 1. The van der Waals surface area contributed by atoms with Crippen molar-refractivity contribution < 1.29 is 14.7 Å². The van der Waals surface area contributed by atoms with Crippen LogP contribution in [0.3, 0.4) is 0 Å². The van der Waals surface area contributed by atoms with Crippen molar-refractivity contribution in [2.45, 2.75) is 24.9 Å². The number of aromatic nitrogens is 2. The molecule has 1 heterocycles. The van der Waals surface area contributed by atoms with Crippen molar-refractivity contribution in [2.75, 3.05) is 12.0 Å². The standard InChI is InChI=1S/C11H18N4O3S/c1-19-3-2-8(12)10(16)15-9(11(17)18)4-7-5-13-6-14-7/h5-6,8-9H,2-4,12H2,1H3,(H,13,14)(H,15,16)(H,17,18)/t8-,9+/m1/s1. The zero-order valence-corrected chi connectivity index (χ0v) is 11.4. The first-order valence-electron chi connectivity index (χ1n) is 5.79. The van der Waals surface area contributed by atoms with Gasteiger partial charge in [0.2, 0.25) is 5.91 Å². The number of carbonyl (C=O) groups excluding carboxylic acids is 1. The lowest BCUT2D eigenvalue weighted by molar-refractivity contribution is -0.142. The van der Waals surface area contributed by atoms with Crippen molar-refractivity contribution >= 4 is 23.6 Å². The van der Waals surface area contributed by atoms with Crippen LogP contribution in [0.1, 0.15) is 12.1 Å². The van der Waals surface area contributed by atoms with Gasteiger partial charge in [0.25, 0.3) is 0 Å². The topological polar surface area (TPSA) is 121 Å². The zero-order chi connectivity index (χ0) is 14.3. The van der Waals surface area contributed by atoms with Crippen molar-refractivity contribution in [3.8, 4) is 0 Å². The van der Waals surface area contributed by atoms with E-state index in [9.17, 15) is 9.59 Å². The second-order valence-corrected chi connectivity index (χ2v) is 5.05. The molecule has 0 radical (unpaired) electrons. The molecule has 0 saturated heterocycles. The number of carboxylic acids is 1. The highest BCUT2D eigenvalue weighted by atomic mass is 32.2. The lowest BCUT2D eigenvalue weighted by Gasteiger charge is -2.17. The summed E-state index contributed by atoms with van der Waals surface area (Å²) >= 11 is 1.59. The number of aromatic amines is 1. The smallest absolute Gasteiger partial charge is 0.326 e. The number of aliphatic carboxylic acids is 1. The molecule has 0 aliphatic carbocycles. The first-order valence-corrected chi connectivity index (χ1v) is 7.19. The summed E-state index contributed by atoms with van der Waals surface area (Å²) in [5.41, 5.74) is 6.33. The van der Waals surface area contributed by atoms with Gasteiger partial charge in [-0.1, -0.05) is 0 Å². The summed E-state index contributed by atoms with van der Waals surface area (Å²) in [6, 6.07) is -1.69. The van der Waals surface area contributed by atoms with Crippen molar-refractivity contribution in [3.63, 3.8) is 0 Å². The summed E-state index contributed by atoms with van der Waals surface area (Å²) in [6.07, 6.45) is 5.57. The van der Waals surface area contributed by atoms with Crippen LogP contribution in [-0.4, -0.2) is 51.0 Å². The van der Waals surface area contributed by atoms with E-state index >= 15 is 0 Å². The van der Waals surface area contributed by atoms with Gasteiger partial charge in [0.05, 0.1) is 12.4 Å². The molecule has 0 aliphatic rings. The molecule has 2 atom stereocenters. The summed E-state index contributed by atoms with van der Waals surface area (Å²) in [7, 11) is 0. The molecule has 1 aromatic rings. The van der Waals surface area contributed by atoms with E-state index in [4.69, 9.17) is 10.8 Å². The number of H-pyrrole nitrogens is 1. The van der Waals surface area contributed by atoms with E-state index in [1.54, 1.807) is 11.8 Å². The number of thioether (sulfide) groups is 1. The van der Waals surface area contributed by atoms with Crippen LogP contribution in [0, 0.1) is 0 Å². The number of rotatable bonds is 8. The normalized spacial score (nSPS) is 13.8. The summed E-state index contributed by atoms with van der Waals surface area (Å²) < 4.78 is 0. The highest BCUT2D eigenvalue weighted by molar-refractivity contribution is 7.98. The minimum Gasteiger partial charge on any atom is -0.480 e. The van der Waals surface area contributed by atoms with Gasteiger partial charge in [-0.15, -0.1) is 0 Å². The number of hydrogen-bond donors (Lipinski definition) is 4. The van der Waals surface area contributed by atoms with E-state index in [1.807, 2.05) is 6.26 Å². The van der Waals surface area contributed by atoms with Crippen LogP contribution in [0.25, 0.3) is 0 Å². The predicted molar refractivity (Wildman–Crippen MR) is 72.8 cm³/mol. The van der Waals surface area contributed by atoms with Crippen molar-refractivity contribution in [3.05, 3.63) is 18.2 Å². The maximum absolute atomic E-state index is 11.8. The predicted octanol–water partition coefficient (Wildman–Crippen LogP) is -0.398. The maximum atomic E-state index is 11.8. The molecule has 5 N–H and O–H groups in total. The molecule has 0 saturated carbocycles. The summed E-state index contributed by atoms with van der Waals surface area (Å²) in [5.74, 6) is -0.784. The van der Waals surface area contributed by atoms with Gasteiger partial charge >= 0.3 is 5.97 Å². The Bertz CT molecular complexity index is 410. The van der Waals surface area contributed by atoms with Gasteiger partial charge in [-0.2, -0.15) is 11.8 Å². The van der Waals surface area contributed by atoms with Crippen LogP contribution < -0.4 is 11.1 Å². The molecule has 1 rings (SSSR count). The van der Waals surface area contributed by atoms with E-state index in [1.165, 1.54) is 12.5 Å². The van der Waals surface area contributed by atoms with Gasteiger partial charge in [-0.05, 0) is 18.4 Å². The van der Waals surface area contributed by atoms with Crippen LogP contribution >= 0.6 is 11.8 Å². The molecule has 106 valence electrons. The molecular weight excluding hydrogens is 268 g/mol. The maximum Gasteiger partial charge on any atom is 0.326 e. The van der Waals surface area contributed by atoms with Crippen molar-refractivity contribution in [1.82, 2.24) is 15.3 Å². The number of carbonyl (C=O) groups is 2. The highest BCUT2D eigenvalue weighted by Gasteiger charge is 2.23. The number of nitrogens with two attached hydrogens (primary N) is 1. The average Bonchev–Trinajstić information content (AvgIpc) is 2.87. The summed E-state index contributed by atoms with van der Waals surface area (Å²) in [5, 5.41) is 11.5. The molecule has 0 bridgehead atoms. The molecule has 1 amide bonds. The van der Waals surface area contributed by atoms with Gasteiger partial charge in [0.15, 0.2) is 0 Å². The Morgan fingerprint density at radius 1 is 1.63 bits per heavy atom. The Hall–Kier alpha value is -1.54. The third-order valence-corrected chi connectivity index (χ3v) is 3.21. The van der Waals surface area contributed by atoms with E-state index < -0.39 is 24.0 Å². The molecule has 19 heavy (non-hydrogen) atoms. The third kappa shape index (κ3) is 5.31. The molecule has 7 nitrogen and oxygen atoms in total. The monoisotopic (exact) mass is 286 g/mol. The van der Waals surface area contributed by atoms with Gasteiger partial charge in [0, 0.05) is 18.3 Å². The van der Waals surface area contributed by atoms with E-state index in [2.05, 4.69) is 15.3 Å². The third-order valence-electron chi connectivity index (χ3n) is 2.56. The Kier molecular flexibility index (Phi) is 6.37. The van der Waals surface area contributed by atoms with Crippen LogP contribution in [0.15, 0.2) is 12.5 Å². The highest BCUT2D eigenvalue weighted by Crippen LogP contribution is 2.02. The van der Waals surface area contributed by atoms with Gasteiger partial charge in [0.1, 0.15) is 6.04 Å². The van der Waals surface area contributed by atoms with Crippen LogP contribution in [0.4, 0.5) is 0 Å². The fourth-order valence-corrected chi connectivity index (χ4v) is 1.96. The van der Waals surface area contributed by atoms with Gasteiger partial charge in [-0.3, -0.25) is 4.79 Å². The first kappa shape index (κ1) is 15.5. The van der Waals surface area contributed by atoms with E-state index in [-0.39, 0.29) is 6.42 Å². The van der Waals surface area contributed by atoms with Crippen LogP contribution in [0.2, 0.25) is 0 Å². The SMILES string of the molecule is CSCC[C@@H](N)C(=O)N[C@@H](Cc1cnc[nH]1)C(=O)O. The Morgan fingerprint density at radius 3 is 2.89 bits per heavy atom. The number of carboxylic acid groups (broad SMARTS) is 1. The van der Waals surface area contributed by atoms with Crippen LogP contribution in [-0.2, 0) is 16.0 Å². The van der Waals surface area contributed by atoms with Gasteiger partial charge in [-0.25, -0.2) is 9.78 Å². The lowest BCUT2D eigenvalue weighted by atomic mass is 10.1. The van der Waals surface area contributed by atoms with E-state index in [0.717, 1.165) is 5.75 Å². The minimum absolute atomic E-state index is 0.149. The fourth-order valence-electron chi connectivity index (χ4n) is 1.47. The molecular formula is C11H18N4O3S. The molecule has 8 heteroatoms.